The quantitative estimate of drug-likeness (QED) is 0.899. The Kier molecular flexibility index (Phi) is 5.04. The van der Waals surface area contributed by atoms with Gasteiger partial charge in [0.2, 0.25) is 5.91 Å². The third-order valence-corrected chi connectivity index (χ3v) is 6.69. The van der Waals surface area contributed by atoms with Crippen molar-refractivity contribution in [3.63, 3.8) is 0 Å². The van der Waals surface area contributed by atoms with Crippen LogP contribution in [0.1, 0.15) is 31.7 Å². The molecule has 2 saturated heterocycles. The molecule has 0 bridgehead atoms. The molecule has 1 amide bonds. The Morgan fingerprint density at radius 3 is 2.81 bits per heavy atom. The molecular weight excluding hydrogens is 328 g/mol. The summed E-state index contributed by atoms with van der Waals surface area (Å²) in [7, 11) is 0. The number of carbonyl (C=O) groups excluding carboxylic acids is 1. The molecule has 0 unspecified atom stereocenters. The molecule has 0 radical (unpaired) electrons. The van der Waals surface area contributed by atoms with Crippen LogP contribution in [0.5, 0.6) is 0 Å². The van der Waals surface area contributed by atoms with Crippen LogP contribution in [-0.2, 0) is 16.0 Å². The second-order valence-corrected chi connectivity index (χ2v) is 8.19. The van der Waals surface area contributed by atoms with E-state index in [2.05, 4.69) is 17.9 Å². The van der Waals surface area contributed by atoms with Gasteiger partial charge in [-0.15, -0.1) is 0 Å². The number of nitrogens with zero attached hydrogens (tertiary/aromatic N) is 2. The highest BCUT2D eigenvalue weighted by atomic mass is 16.5. The molecular formula is C21H30N2O3. The molecule has 0 spiro atoms. The van der Waals surface area contributed by atoms with Crippen molar-refractivity contribution in [1.82, 2.24) is 4.90 Å². The first-order chi connectivity index (χ1) is 12.6. The number of rotatable bonds is 3. The minimum atomic E-state index is -0.608. The maximum atomic E-state index is 12.9. The van der Waals surface area contributed by atoms with E-state index in [1.165, 1.54) is 5.56 Å². The highest BCUT2D eigenvalue weighted by Gasteiger charge is 2.45. The lowest BCUT2D eigenvalue weighted by Gasteiger charge is -2.48. The molecule has 0 aliphatic carbocycles. The fourth-order valence-electron chi connectivity index (χ4n) is 5.04. The predicted octanol–water partition coefficient (Wildman–Crippen LogP) is 2.08. The van der Waals surface area contributed by atoms with Crippen LogP contribution in [0.15, 0.2) is 24.3 Å². The Morgan fingerprint density at radius 1 is 1.27 bits per heavy atom. The number of carbonyl (C=O) groups is 1. The van der Waals surface area contributed by atoms with Gasteiger partial charge in [-0.05, 0) is 49.1 Å². The number of anilines is 1. The SMILES string of the molecule is C[C@@H]1CN(CC(=O)N2CCc3ccccc32)CC[C@@]1(O)C1CCOCC1. The van der Waals surface area contributed by atoms with Gasteiger partial charge in [0.25, 0.3) is 0 Å². The van der Waals surface area contributed by atoms with E-state index in [-0.39, 0.29) is 11.8 Å². The van der Waals surface area contributed by atoms with Gasteiger partial charge in [-0.2, -0.15) is 0 Å². The summed E-state index contributed by atoms with van der Waals surface area (Å²) in [5, 5.41) is 11.3. The van der Waals surface area contributed by atoms with Gasteiger partial charge < -0.3 is 14.7 Å². The molecule has 5 heteroatoms. The molecule has 2 fully saturated rings. The van der Waals surface area contributed by atoms with Crippen LogP contribution in [0.4, 0.5) is 5.69 Å². The number of aliphatic hydroxyl groups is 1. The topological polar surface area (TPSA) is 53.0 Å². The Labute approximate surface area is 155 Å². The average Bonchev–Trinajstić information content (AvgIpc) is 3.10. The Hall–Kier alpha value is -1.43. The molecule has 1 N–H and O–H groups in total. The summed E-state index contributed by atoms with van der Waals surface area (Å²) in [6.07, 6.45) is 3.60. The van der Waals surface area contributed by atoms with Crippen molar-refractivity contribution < 1.29 is 14.6 Å². The number of hydrogen-bond donors (Lipinski definition) is 1. The number of para-hydroxylation sites is 1. The molecule has 4 rings (SSSR count). The minimum Gasteiger partial charge on any atom is -0.389 e. The minimum absolute atomic E-state index is 0.179. The lowest BCUT2D eigenvalue weighted by Crippen LogP contribution is -2.57. The van der Waals surface area contributed by atoms with Crippen LogP contribution < -0.4 is 4.90 Å². The lowest BCUT2D eigenvalue weighted by atomic mass is 9.70. The van der Waals surface area contributed by atoms with Crippen molar-refractivity contribution in [2.45, 2.75) is 38.2 Å². The molecule has 0 aromatic heterocycles. The maximum Gasteiger partial charge on any atom is 0.241 e. The Balaban J connectivity index is 1.37. The number of ether oxygens (including phenoxy) is 1. The van der Waals surface area contributed by atoms with Crippen LogP contribution in [0, 0.1) is 11.8 Å². The second kappa shape index (κ2) is 7.29. The molecule has 3 heterocycles. The zero-order chi connectivity index (χ0) is 18.1. The highest BCUT2D eigenvalue weighted by molar-refractivity contribution is 5.96. The van der Waals surface area contributed by atoms with E-state index in [0.717, 1.165) is 64.2 Å². The number of likely N-dealkylation sites (tertiary alicyclic amines) is 1. The summed E-state index contributed by atoms with van der Waals surface area (Å²) in [5.74, 6) is 0.686. The van der Waals surface area contributed by atoms with Crippen molar-refractivity contribution in [2.75, 3.05) is 44.3 Å². The van der Waals surface area contributed by atoms with E-state index in [1.807, 2.05) is 23.1 Å². The van der Waals surface area contributed by atoms with Gasteiger partial charge in [0.15, 0.2) is 0 Å². The molecule has 2 atom stereocenters. The maximum absolute atomic E-state index is 12.9. The Bertz CT molecular complexity index is 658. The third-order valence-electron chi connectivity index (χ3n) is 6.69. The fraction of sp³-hybridized carbons (Fsp3) is 0.667. The zero-order valence-corrected chi connectivity index (χ0v) is 15.7. The average molecular weight is 358 g/mol. The molecule has 5 nitrogen and oxygen atoms in total. The van der Waals surface area contributed by atoms with Gasteiger partial charge >= 0.3 is 0 Å². The van der Waals surface area contributed by atoms with Gasteiger partial charge in [-0.3, -0.25) is 9.69 Å². The number of amides is 1. The van der Waals surface area contributed by atoms with E-state index < -0.39 is 5.60 Å². The van der Waals surface area contributed by atoms with E-state index in [0.29, 0.717) is 12.5 Å². The van der Waals surface area contributed by atoms with E-state index >= 15 is 0 Å². The lowest BCUT2D eigenvalue weighted by molar-refractivity contribution is -0.136. The van der Waals surface area contributed by atoms with Gasteiger partial charge in [-0.25, -0.2) is 0 Å². The fourth-order valence-corrected chi connectivity index (χ4v) is 5.04. The number of fused-ring (bicyclic) bond motifs is 1. The van der Waals surface area contributed by atoms with Crippen LogP contribution >= 0.6 is 0 Å². The Morgan fingerprint density at radius 2 is 2.04 bits per heavy atom. The molecule has 1 aromatic rings. The van der Waals surface area contributed by atoms with E-state index in [1.54, 1.807) is 0 Å². The van der Waals surface area contributed by atoms with Crippen molar-refractivity contribution in [1.29, 1.82) is 0 Å². The van der Waals surface area contributed by atoms with E-state index in [4.69, 9.17) is 4.74 Å². The predicted molar refractivity (Wildman–Crippen MR) is 101 cm³/mol. The van der Waals surface area contributed by atoms with Crippen molar-refractivity contribution >= 4 is 11.6 Å². The normalized spacial score (nSPS) is 30.4. The van der Waals surface area contributed by atoms with Gasteiger partial charge in [0, 0.05) is 38.5 Å². The summed E-state index contributed by atoms with van der Waals surface area (Å²) in [5.41, 5.74) is 1.73. The van der Waals surface area contributed by atoms with Gasteiger partial charge in [0.05, 0.1) is 12.1 Å². The van der Waals surface area contributed by atoms with Crippen LogP contribution in [0.2, 0.25) is 0 Å². The third kappa shape index (κ3) is 3.28. The molecule has 26 heavy (non-hydrogen) atoms. The van der Waals surface area contributed by atoms with Crippen LogP contribution in [-0.4, -0.2) is 60.9 Å². The molecule has 3 aliphatic heterocycles. The summed E-state index contributed by atoms with van der Waals surface area (Å²) in [6, 6.07) is 8.19. The summed E-state index contributed by atoms with van der Waals surface area (Å²) in [4.78, 5) is 17.0. The first kappa shape index (κ1) is 18.0. The van der Waals surface area contributed by atoms with Gasteiger partial charge in [0.1, 0.15) is 0 Å². The zero-order valence-electron chi connectivity index (χ0n) is 15.7. The van der Waals surface area contributed by atoms with Crippen LogP contribution in [0.3, 0.4) is 0 Å². The standard InChI is InChI=1S/C21H30N2O3/c1-16-14-22(11-9-21(16,25)18-7-12-26-13-8-18)15-20(24)23-10-6-17-4-2-3-5-19(17)23/h2-5,16,18,25H,6-15H2,1H3/t16-,21+/m1/s1. The second-order valence-electron chi connectivity index (χ2n) is 8.19. The highest BCUT2D eigenvalue weighted by Crippen LogP contribution is 2.39. The molecule has 3 aliphatic rings. The van der Waals surface area contributed by atoms with Crippen molar-refractivity contribution in [2.24, 2.45) is 11.8 Å². The first-order valence-corrected chi connectivity index (χ1v) is 9.98. The smallest absolute Gasteiger partial charge is 0.241 e. The molecule has 1 aromatic carbocycles. The largest absolute Gasteiger partial charge is 0.389 e. The van der Waals surface area contributed by atoms with Crippen molar-refractivity contribution in [3.8, 4) is 0 Å². The number of hydrogen-bond acceptors (Lipinski definition) is 4. The monoisotopic (exact) mass is 358 g/mol. The van der Waals surface area contributed by atoms with E-state index in [9.17, 15) is 9.90 Å². The van der Waals surface area contributed by atoms with Crippen LogP contribution in [0.25, 0.3) is 0 Å². The molecule has 0 saturated carbocycles. The van der Waals surface area contributed by atoms with Gasteiger partial charge in [-0.1, -0.05) is 25.1 Å². The summed E-state index contributed by atoms with van der Waals surface area (Å²) >= 11 is 0. The summed E-state index contributed by atoms with van der Waals surface area (Å²) in [6.45, 7) is 6.47. The number of piperidine rings is 1. The summed E-state index contributed by atoms with van der Waals surface area (Å²) < 4.78 is 5.46. The first-order valence-electron chi connectivity index (χ1n) is 9.98. The molecule has 142 valence electrons. The van der Waals surface area contributed by atoms with Crippen molar-refractivity contribution in [3.05, 3.63) is 29.8 Å². The number of benzene rings is 1.